The molecule has 0 aliphatic carbocycles. The van der Waals surface area contributed by atoms with Crippen LogP contribution in [0.1, 0.15) is 24.5 Å². The van der Waals surface area contributed by atoms with Crippen molar-refractivity contribution in [2.45, 2.75) is 32.9 Å². The lowest BCUT2D eigenvalue weighted by Gasteiger charge is -2.11. The molecule has 0 amide bonds. The van der Waals surface area contributed by atoms with Crippen LogP contribution in [0.15, 0.2) is 18.2 Å². The van der Waals surface area contributed by atoms with Crippen molar-refractivity contribution in [3.63, 3.8) is 0 Å². The molecule has 1 aromatic rings. The smallest absolute Gasteiger partial charge is 0.126 e. The molecule has 0 aliphatic rings. The van der Waals surface area contributed by atoms with Gasteiger partial charge in [-0.25, -0.2) is 4.39 Å². The largest absolute Gasteiger partial charge is 0.309 e. The van der Waals surface area contributed by atoms with Gasteiger partial charge in [-0.05, 0) is 31.0 Å². The molecule has 1 nitrogen and oxygen atoms in total. The van der Waals surface area contributed by atoms with Crippen LogP contribution in [0, 0.1) is 25.1 Å². The zero-order chi connectivity index (χ0) is 11.3. The van der Waals surface area contributed by atoms with Gasteiger partial charge in [0.25, 0.3) is 0 Å². The summed E-state index contributed by atoms with van der Waals surface area (Å²) in [6.07, 6.45) is 5.88. The van der Waals surface area contributed by atoms with Gasteiger partial charge >= 0.3 is 0 Å². The standard InChI is InChI=1S/C13H16FN/c1-4-5-11(3)15-9-12-7-6-10(2)13(14)8-12/h1,6-8,11,15H,5,9H2,2-3H3. The maximum absolute atomic E-state index is 13.2. The van der Waals surface area contributed by atoms with Crippen molar-refractivity contribution in [3.05, 3.63) is 35.1 Å². The van der Waals surface area contributed by atoms with Gasteiger partial charge in [-0.1, -0.05) is 12.1 Å². The average Bonchev–Trinajstić information content (AvgIpc) is 2.20. The fourth-order valence-corrected chi connectivity index (χ4v) is 1.29. The quantitative estimate of drug-likeness (QED) is 0.745. The summed E-state index contributed by atoms with van der Waals surface area (Å²) in [5.41, 5.74) is 1.62. The minimum atomic E-state index is -0.154. The number of benzene rings is 1. The minimum absolute atomic E-state index is 0.154. The summed E-state index contributed by atoms with van der Waals surface area (Å²) in [7, 11) is 0. The zero-order valence-electron chi connectivity index (χ0n) is 9.18. The van der Waals surface area contributed by atoms with Gasteiger partial charge < -0.3 is 5.32 Å². The van der Waals surface area contributed by atoms with Gasteiger partial charge in [0.2, 0.25) is 0 Å². The van der Waals surface area contributed by atoms with E-state index in [9.17, 15) is 4.39 Å². The van der Waals surface area contributed by atoms with Crippen LogP contribution >= 0.6 is 0 Å². The first-order valence-corrected chi connectivity index (χ1v) is 5.05. The Balaban J connectivity index is 2.51. The molecule has 0 fully saturated rings. The molecule has 80 valence electrons. The molecule has 0 saturated carbocycles. The predicted octanol–water partition coefficient (Wildman–Crippen LogP) is 2.64. The molecule has 2 heteroatoms. The molecule has 1 atom stereocenters. The fourth-order valence-electron chi connectivity index (χ4n) is 1.29. The van der Waals surface area contributed by atoms with E-state index in [4.69, 9.17) is 6.42 Å². The topological polar surface area (TPSA) is 12.0 Å². The summed E-state index contributed by atoms with van der Waals surface area (Å²) in [6.45, 7) is 4.43. The summed E-state index contributed by atoms with van der Waals surface area (Å²) in [5, 5.41) is 3.24. The second-order valence-electron chi connectivity index (χ2n) is 3.77. The van der Waals surface area contributed by atoms with E-state index in [0.29, 0.717) is 18.5 Å². The third kappa shape index (κ3) is 3.73. The van der Waals surface area contributed by atoms with E-state index in [1.807, 2.05) is 13.0 Å². The molecule has 1 aromatic carbocycles. The van der Waals surface area contributed by atoms with Crippen LogP contribution in [-0.2, 0) is 6.54 Å². The van der Waals surface area contributed by atoms with Crippen LogP contribution in [-0.4, -0.2) is 6.04 Å². The fraction of sp³-hybridized carbons (Fsp3) is 0.385. The predicted molar refractivity (Wildman–Crippen MR) is 60.9 cm³/mol. The lowest BCUT2D eigenvalue weighted by molar-refractivity contribution is 0.555. The van der Waals surface area contributed by atoms with Crippen LogP contribution in [0.2, 0.25) is 0 Å². The second kappa shape index (κ2) is 5.53. The molecule has 0 heterocycles. The second-order valence-corrected chi connectivity index (χ2v) is 3.77. The molecule has 0 radical (unpaired) electrons. The average molecular weight is 205 g/mol. The van der Waals surface area contributed by atoms with Gasteiger partial charge in [0, 0.05) is 19.0 Å². The molecule has 0 bridgehead atoms. The summed E-state index contributed by atoms with van der Waals surface area (Å²) < 4.78 is 13.2. The van der Waals surface area contributed by atoms with Gasteiger partial charge in [0.05, 0.1) is 0 Å². The Morgan fingerprint density at radius 3 is 2.87 bits per heavy atom. The molecule has 1 unspecified atom stereocenters. The van der Waals surface area contributed by atoms with E-state index in [2.05, 4.69) is 11.2 Å². The third-order valence-electron chi connectivity index (χ3n) is 2.31. The summed E-state index contributed by atoms with van der Waals surface area (Å²) >= 11 is 0. The summed E-state index contributed by atoms with van der Waals surface area (Å²) in [6, 6.07) is 5.54. The zero-order valence-corrected chi connectivity index (χ0v) is 9.18. The number of aryl methyl sites for hydroxylation is 1. The lowest BCUT2D eigenvalue weighted by Crippen LogP contribution is -2.24. The Morgan fingerprint density at radius 2 is 2.27 bits per heavy atom. The van der Waals surface area contributed by atoms with Gasteiger partial charge in [-0.2, -0.15) is 0 Å². The van der Waals surface area contributed by atoms with Crippen molar-refractivity contribution < 1.29 is 4.39 Å². The Kier molecular flexibility index (Phi) is 4.33. The highest BCUT2D eigenvalue weighted by Gasteiger charge is 2.01. The SMILES string of the molecule is C#CCC(C)NCc1ccc(C)c(F)c1. The Morgan fingerprint density at radius 1 is 1.53 bits per heavy atom. The van der Waals surface area contributed by atoms with Gasteiger partial charge in [-0.15, -0.1) is 12.3 Å². The lowest BCUT2D eigenvalue weighted by atomic mass is 10.1. The van der Waals surface area contributed by atoms with Crippen LogP contribution in [0.5, 0.6) is 0 Å². The molecular formula is C13H16FN. The van der Waals surface area contributed by atoms with Gasteiger partial charge in [-0.3, -0.25) is 0 Å². The normalized spacial score (nSPS) is 12.1. The first-order chi connectivity index (χ1) is 7.13. The van der Waals surface area contributed by atoms with Crippen molar-refractivity contribution in [1.82, 2.24) is 5.32 Å². The highest BCUT2D eigenvalue weighted by molar-refractivity contribution is 5.23. The van der Waals surface area contributed by atoms with Crippen LogP contribution in [0.4, 0.5) is 4.39 Å². The van der Waals surface area contributed by atoms with E-state index in [-0.39, 0.29) is 11.9 Å². The number of terminal acetylenes is 1. The summed E-state index contributed by atoms with van der Waals surface area (Å²) in [5.74, 6) is 2.43. The van der Waals surface area contributed by atoms with Gasteiger partial charge in [0.15, 0.2) is 0 Å². The summed E-state index contributed by atoms with van der Waals surface area (Å²) in [4.78, 5) is 0. The maximum atomic E-state index is 13.2. The number of rotatable bonds is 4. The number of hydrogen-bond acceptors (Lipinski definition) is 1. The van der Waals surface area contributed by atoms with E-state index in [0.717, 1.165) is 5.56 Å². The van der Waals surface area contributed by atoms with E-state index < -0.39 is 0 Å². The Bertz CT molecular complexity index is 365. The van der Waals surface area contributed by atoms with Crippen LogP contribution in [0.3, 0.4) is 0 Å². The number of hydrogen-bond donors (Lipinski definition) is 1. The maximum Gasteiger partial charge on any atom is 0.126 e. The first-order valence-electron chi connectivity index (χ1n) is 5.05. The van der Waals surface area contributed by atoms with E-state index in [1.165, 1.54) is 0 Å². The van der Waals surface area contributed by atoms with E-state index >= 15 is 0 Å². The Labute approximate surface area is 90.7 Å². The van der Waals surface area contributed by atoms with Crippen molar-refractivity contribution in [2.75, 3.05) is 0 Å². The first kappa shape index (κ1) is 11.7. The molecular weight excluding hydrogens is 189 g/mol. The molecule has 0 aliphatic heterocycles. The number of nitrogens with one attached hydrogen (secondary N) is 1. The molecule has 1 rings (SSSR count). The molecule has 0 spiro atoms. The molecule has 15 heavy (non-hydrogen) atoms. The van der Waals surface area contributed by atoms with Crippen LogP contribution < -0.4 is 5.32 Å². The molecule has 0 saturated heterocycles. The van der Waals surface area contributed by atoms with Crippen molar-refractivity contribution >= 4 is 0 Å². The molecule has 1 N–H and O–H groups in total. The Hall–Kier alpha value is -1.33. The van der Waals surface area contributed by atoms with E-state index in [1.54, 1.807) is 19.1 Å². The number of halogens is 1. The van der Waals surface area contributed by atoms with Crippen LogP contribution in [0.25, 0.3) is 0 Å². The van der Waals surface area contributed by atoms with Crippen molar-refractivity contribution in [1.29, 1.82) is 0 Å². The van der Waals surface area contributed by atoms with Crippen molar-refractivity contribution in [2.24, 2.45) is 0 Å². The monoisotopic (exact) mass is 205 g/mol. The van der Waals surface area contributed by atoms with Crippen molar-refractivity contribution in [3.8, 4) is 12.3 Å². The third-order valence-corrected chi connectivity index (χ3v) is 2.31. The highest BCUT2D eigenvalue weighted by atomic mass is 19.1. The molecule has 0 aromatic heterocycles. The van der Waals surface area contributed by atoms with Gasteiger partial charge in [0.1, 0.15) is 5.82 Å². The highest BCUT2D eigenvalue weighted by Crippen LogP contribution is 2.09. The minimum Gasteiger partial charge on any atom is -0.309 e.